The number of unbranched alkanes of at least 4 members (excludes halogenated alkanes) is 2. The molecule has 1 aromatic rings. The molecule has 0 aromatic heterocycles. The maximum atomic E-state index is 11.5. The van der Waals surface area contributed by atoms with Crippen LogP contribution in [0.2, 0.25) is 0 Å². The molecule has 6 heteroatoms. The van der Waals surface area contributed by atoms with Crippen LogP contribution in [0.5, 0.6) is 0 Å². The molecular formula is C28H48N4O2+2. The monoisotopic (exact) mass is 472 g/mol. The molecule has 34 heavy (non-hydrogen) atoms. The first-order valence-corrected chi connectivity index (χ1v) is 12.4. The van der Waals surface area contributed by atoms with Crippen molar-refractivity contribution in [1.29, 1.82) is 0 Å². The van der Waals surface area contributed by atoms with E-state index in [-0.39, 0.29) is 11.8 Å². The molecule has 190 valence electrons. The number of nitrogens with zero attached hydrogens (tertiary/aromatic N) is 2. The lowest BCUT2D eigenvalue weighted by Crippen LogP contribution is -2.40. The molecule has 2 amide bonds. The van der Waals surface area contributed by atoms with Crippen LogP contribution in [-0.4, -0.2) is 75.2 Å². The van der Waals surface area contributed by atoms with Gasteiger partial charge in [0.2, 0.25) is 11.8 Å². The molecule has 0 heterocycles. The molecule has 1 aromatic carbocycles. The summed E-state index contributed by atoms with van der Waals surface area (Å²) in [7, 11) is 9.05. The third-order valence-corrected chi connectivity index (χ3v) is 5.97. The first-order valence-electron chi connectivity index (χ1n) is 12.4. The molecule has 0 saturated heterocycles. The zero-order valence-corrected chi connectivity index (χ0v) is 22.5. The molecule has 0 radical (unpaired) electrons. The summed E-state index contributed by atoms with van der Waals surface area (Å²) in [6, 6.07) is 9.04. The number of rotatable bonds is 16. The van der Waals surface area contributed by atoms with Gasteiger partial charge in [-0.2, -0.15) is 0 Å². The molecular weight excluding hydrogens is 424 g/mol. The van der Waals surface area contributed by atoms with Gasteiger partial charge in [0.25, 0.3) is 0 Å². The van der Waals surface area contributed by atoms with Crippen LogP contribution in [0.25, 0.3) is 0 Å². The van der Waals surface area contributed by atoms with Crippen LogP contribution in [0.1, 0.15) is 50.7 Å². The molecule has 0 bridgehead atoms. The van der Waals surface area contributed by atoms with Gasteiger partial charge in [0.05, 0.1) is 41.3 Å². The van der Waals surface area contributed by atoms with Crippen LogP contribution >= 0.6 is 0 Å². The van der Waals surface area contributed by atoms with E-state index in [4.69, 9.17) is 0 Å². The van der Waals surface area contributed by atoms with Gasteiger partial charge in [-0.1, -0.05) is 37.4 Å². The Labute approximate surface area is 207 Å². The summed E-state index contributed by atoms with van der Waals surface area (Å²) in [5, 5.41) is 5.81. The van der Waals surface area contributed by atoms with Crippen LogP contribution in [-0.2, 0) is 22.7 Å². The van der Waals surface area contributed by atoms with Gasteiger partial charge in [0, 0.05) is 35.4 Å². The Balaban J connectivity index is 2.38. The minimum absolute atomic E-state index is 0.0530. The van der Waals surface area contributed by atoms with Gasteiger partial charge < -0.3 is 19.6 Å². The van der Waals surface area contributed by atoms with Crippen LogP contribution in [0, 0.1) is 0 Å². The van der Waals surface area contributed by atoms with E-state index in [9.17, 15) is 9.59 Å². The number of hydrogen-bond acceptors (Lipinski definition) is 2. The number of carbonyl (C=O) groups excluding carboxylic acids is 2. The summed E-state index contributed by atoms with van der Waals surface area (Å²) in [4.78, 5) is 23.1. The van der Waals surface area contributed by atoms with Crippen molar-refractivity contribution in [2.45, 2.75) is 52.6 Å². The number of benzene rings is 1. The van der Waals surface area contributed by atoms with E-state index in [0.29, 0.717) is 24.2 Å². The van der Waals surface area contributed by atoms with Crippen molar-refractivity contribution in [2.24, 2.45) is 0 Å². The second kappa shape index (κ2) is 14.1. The predicted octanol–water partition coefficient (Wildman–Crippen LogP) is 3.78. The molecule has 6 nitrogen and oxygen atoms in total. The third-order valence-electron chi connectivity index (χ3n) is 5.97. The highest BCUT2D eigenvalue weighted by Crippen LogP contribution is 2.15. The van der Waals surface area contributed by atoms with Gasteiger partial charge in [-0.25, -0.2) is 0 Å². The Kier molecular flexibility index (Phi) is 12.2. The van der Waals surface area contributed by atoms with E-state index in [2.05, 4.69) is 76.2 Å². The zero-order chi connectivity index (χ0) is 25.8. The van der Waals surface area contributed by atoms with Crippen molar-refractivity contribution in [3.63, 3.8) is 0 Å². The zero-order valence-electron chi connectivity index (χ0n) is 22.5. The number of quaternary nitrogens is 2. The highest BCUT2D eigenvalue weighted by molar-refractivity contribution is 5.92. The molecule has 2 N–H and O–H groups in total. The molecule has 0 saturated carbocycles. The highest BCUT2D eigenvalue weighted by atomic mass is 16.2. The lowest BCUT2D eigenvalue weighted by molar-refractivity contribution is -0.904. The van der Waals surface area contributed by atoms with Gasteiger partial charge in [0.15, 0.2) is 0 Å². The van der Waals surface area contributed by atoms with E-state index < -0.39 is 0 Å². The summed E-state index contributed by atoms with van der Waals surface area (Å²) in [6.45, 7) is 16.3. The Morgan fingerprint density at radius 1 is 0.676 bits per heavy atom. The Morgan fingerprint density at radius 2 is 1.00 bits per heavy atom. The lowest BCUT2D eigenvalue weighted by Gasteiger charge is -2.31. The quantitative estimate of drug-likeness (QED) is 0.219. The van der Waals surface area contributed by atoms with Gasteiger partial charge in [-0.15, -0.1) is 0 Å². The van der Waals surface area contributed by atoms with Crippen LogP contribution < -0.4 is 10.6 Å². The van der Waals surface area contributed by atoms with Crippen LogP contribution in [0.15, 0.2) is 48.6 Å². The minimum Gasteiger partial charge on any atom is -0.352 e. The molecule has 0 aliphatic rings. The van der Waals surface area contributed by atoms with Crippen molar-refractivity contribution in [3.8, 4) is 0 Å². The summed E-state index contributed by atoms with van der Waals surface area (Å²) in [5.41, 5.74) is 3.82. The third kappa shape index (κ3) is 12.7. The SMILES string of the molecule is C=C(C)C(=O)NCCCC[N+](C)(C)Cc1ccc(C[N+](C)(C)CCCCNC(=O)C(=C)C)cc1. The second-order valence-electron chi connectivity index (χ2n) is 10.9. The maximum Gasteiger partial charge on any atom is 0.246 e. The number of nitrogens with one attached hydrogen (secondary N) is 2. The van der Waals surface area contributed by atoms with E-state index in [1.165, 1.54) is 11.1 Å². The summed E-state index contributed by atoms with van der Waals surface area (Å²) in [5.74, 6) is -0.106. The molecule has 0 unspecified atom stereocenters. The Hall–Kier alpha value is -2.44. The maximum absolute atomic E-state index is 11.5. The fraction of sp³-hybridized carbons (Fsp3) is 0.571. The molecule has 1 rings (SSSR count). The number of carbonyl (C=O) groups is 2. The van der Waals surface area contributed by atoms with E-state index in [0.717, 1.165) is 60.8 Å². The molecule has 0 atom stereocenters. The highest BCUT2D eigenvalue weighted by Gasteiger charge is 2.18. The molecule has 0 spiro atoms. The van der Waals surface area contributed by atoms with Crippen LogP contribution in [0.3, 0.4) is 0 Å². The van der Waals surface area contributed by atoms with Crippen molar-refractivity contribution in [2.75, 3.05) is 54.4 Å². The van der Waals surface area contributed by atoms with E-state index >= 15 is 0 Å². The second-order valence-corrected chi connectivity index (χ2v) is 10.9. The normalized spacial score (nSPS) is 11.7. The fourth-order valence-corrected chi connectivity index (χ4v) is 3.93. The predicted molar refractivity (Wildman–Crippen MR) is 142 cm³/mol. The number of amides is 2. The molecule has 0 fully saturated rings. The van der Waals surface area contributed by atoms with Crippen molar-refractivity contribution >= 4 is 11.8 Å². The number of hydrogen-bond donors (Lipinski definition) is 2. The fourth-order valence-electron chi connectivity index (χ4n) is 3.93. The lowest BCUT2D eigenvalue weighted by atomic mass is 10.1. The molecule has 0 aliphatic heterocycles. The average Bonchev–Trinajstić information content (AvgIpc) is 2.73. The van der Waals surface area contributed by atoms with Crippen LogP contribution in [0.4, 0.5) is 0 Å². The smallest absolute Gasteiger partial charge is 0.246 e. The van der Waals surface area contributed by atoms with Gasteiger partial charge >= 0.3 is 0 Å². The largest absolute Gasteiger partial charge is 0.352 e. The van der Waals surface area contributed by atoms with Gasteiger partial charge in [-0.05, 0) is 39.5 Å². The Morgan fingerprint density at radius 3 is 1.29 bits per heavy atom. The van der Waals surface area contributed by atoms with Crippen molar-refractivity contribution in [3.05, 3.63) is 59.7 Å². The summed E-state index contributed by atoms with van der Waals surface area (Å²) < 4.78 is 1.86. The summed E-state index contributed by atoms with van der Waals surface area (Å²) in [6.07, 6.45) is 4.11. The van der Waals surface area contributed by atoms with Crippen molar-refractivity contribution in [1.82, 2.24) is 10.6 Å². The Bertz CT molecular complexity index is 756. The van der Waals surface area contributed by atoms with E-state index in [1.54, 1.807) is 13.8 Å². The van der Waals surface area contributed by atoms with Gasteiger partial charge in [-0.3, -0.25) is 9.59 Å². The standard InChI is InChI=1S/C28H46N4O2/c1-23(2)27(33)29-17-9-11-19-31(5,6)21-25-13-15-26(16-14-25)22-32(7,8)20-12-10-18-30-28(34)24(3)4/h13-16H,1,3,9-12,17-22H2,2,4-8H3/p+2. The van der Waals surface area contributed by atoms with E-state index in [1.807, 2.05) is 0 Å². The van der Waals surface area contributed by atoms with Gasteiger partial charge in [0.1, 0.15) is 13.1 Å². The molecule has 0 aliphatic carbocycles. The van der Waals surface area contributed by atoms with Crippen molar-refractivity contribution < 1.29 is 18.6 Å². The topological polar surface area (TPSA) is 58.2 Å². The minimum atomic E-state index is -0.0530. The first-order chi connectivity index (χ1) is 15.8. The first kappa shape index (κ1) is 29.6. The summed E-state index contributed by atoms with van der Waals surface area (Å²) >= 11 is 0. The average molecular weight is 473 g/mol.